The Balaban J connectivity index is 1.66. The number of carbonyl (C=O) groups excluding carboxylic acids is 2. The van der Waals surface area contributed by atoms with Crippen molar-refractivity contribution in [2.45, 2.75) is 45.6 Å². The van der Waals surface area contributed by atoms with Gasteiger partial charge in [0.2, 0.25) is 0 Å². The zero-order valence-electron chi connectivity index (χ0n) is 15.3. The molecule has 0 radical (unpaired) electrons. The molecule has 0 saturated heterocycles. The van der Waals surface area contributed by atoms with E-state index in [1.165, 1.54) is 24.6 Å². The fourth-order valence-electron chi connectivity index (χ4n) is 3.44. The van der Waals surface area contributed by atoms with Crippen LogP contribution in [-0.4, -0.2) is 30.2 Å². The van der Waals surface area contributed by atoms with Crippen molar-refractivity contribution in [3.8, 4) is 0 Å². The van der Waals surface area contributed by atoms with Crippen LogP contribution in [0.2, 0.25) is 0 Å². The van der Waals surface area contributed by atoms with Crippen LogP contribution in [0.15, 0.2) is 34.9 Å². The molecule has 26 heavy (non-hydrogen) atoms. The first kappa shape index (κ1) is 18.8. The van der Waals surface area contributed by atoms with Crippen molar-refractivity contribution in [2.75, 3.05) is 17.7 Å². The van der Waals surface area contributed by atoms with Crippen molar-refractivity contribution in [2.24, 2.45) is 5.92 Å². The van der Waals surface area contributed by atoms with Gasteiger partial charge in [-0.2, -0.15) is 0 Å². The first-order valence-corrected chi connectivity index (χ1v) is 10.2. The van der Waals surface area contributed by atoms with Gasteiger partial charge in [0.25, 0.3) is 11.8 Å². The lowest BCUT2D eigenvalue weighted by molar-refractivity contribution is -0.112. The second kappa shape index (κ2) is 8.62. The summed E-state index contributed by atoms with van der Waals surface area (Å²) >= 11 is 1.50. The average Bonchev–Trinajstić information content (AvgIpc) is 2.64. The Morgan fingerprint density at radius 3 is 2.77 bits per heavy atom. The van der Waals surface area contributed by atoms with E-state index in [9.17, 15) is 9.59 Å². The van der Waals surface area contributed by atoms with E-state index in [0.29, 0.717) is 34.4 Å². The van der Waals surface area contributed by atoms with Gasteiger partial charge in [-0.3, -0.25) is 9.59 Å². The molecule has 0 bridgehead atoms. The standard InChI is InChI=1S/C20H26N2O3S/c1-13-6-3-4-9-17(13)22-19(23)15-7-5-8-16(12-15)21-20(24)18-14(2)25-10-11-26-18/h5,7-8,12-13,17H,3-4,6,9-11H2,1-2H3,(H,21,24)(H,22,23)/t13-,17-/m1/s1. The van der Waals surface area contributed by atoms with Crippen LogP contribution in [0, 0.1) is 5.92 Å². The summed E-state index contributed by atoms with van der Waals surface area (Å²) in [6, 6.07) is 7.33. The topological polar surface area (TPSA) is 67.4 Å². The van der Waals surface area contributed by atoms with Gasteiger partial charge in [-0.15, -0.1) is 11.8 Å². The van der Waals surface area contributed by atoms with Crippen molar-refractivity contribution < 1.29 is 14.3 Å². The number of amides is 2. The lowest BCUT2D eigenvalue weighted by Crippen LogP contribution is -2.41. The Labute approximate surface area is 158 Å². The quantitative estimate of drug-likeness (QED) is 0.838. The van der Waals surface area contributed by atoms with Crippen LogP contribution in [0.1, 0.15) is 49.9 Å². The lowest BCUT2D eigenvalue weighted by Gasteiger charge is -2.29. The number of rotatable bonds is 4. The molecule has 0 unspecified atom stereocenters. The Kier molecular flexibility index (Phi) is 6.25. The number of benzene rings is 1. The highest BCUT2D eigenvalue weighted by Gasteiger charge is 2.23. The highest BCUT2D eigenvalue weighted by molar-refractivity contribution is 8.04. The van der Waals surface area contributed by atoms with Gasteiger partial charge in [0.15, 0.2) is 0 Å². The smallest absolute Gasteiger partial charge is 0.265 e. The molecule has 2 N–H and O–H groups in total. The summed E-state index contributed by atoms with van der Waals surface area (Å²) < 4.78 is 5.44. The maximum atomic E-state index is 12.6. The molecule has 140 valence electrons. The fraction of sp³-hybridized carbons (Fsp3) is 0.500. The maximum Gasteiger partial charge on any atom is 0.265 e. The molecule has 6 heteroatoms. The minimum absolute atomic E-state index is 0.0781. The van der Waals surface area contributed by atoms with E-state index in [1.54, 1.807) is 31.2 Å². The van der Waals surface area contributed by atoms with Gasteiger partial charge in [0.05, 0.1) is 6.61 Å². The number of ether oxygens (including phenoxy) is 1. The first-order chi connectivity index (χ1) is 12.5. The molecule has 1 aromatic carbocycles. The van der Waals surface area contributed by atoms with Crippen LogP contribution >= 0.6 is 11.8 Å². The molecule has 5 nitrogen and oxygen atoms in total. The summed E-state index contributed by atoms with van der Waals surface area (Å²) in [6.45, 7) is 4.62. The Hall–Kier alpha value is -1.95. The predicted molar refractivity (Wildman–Crippen MR) is 105 cm³/mol. The molecule has 2 amide bonds. The third-order valence-electron chi connectivity index (χ3n) is 4.98. The maximum absolute atomic E-state index is 12.6. The zero-order chi connectivity index (χ0) is 18.5. The average molecular weight is 375 g/mol. The van der Waals surface area contributed by atoms with E-state index < -0.39 is 0 Å². The second-order valence-corrected chi connectivity index (χ2v) is 8.06. The Bertz CT molecular complexity index is 717. The molecular formula is C20H26N2O3S. The number of anilines is 1. The molecule has 1 aromatic rings. The van der Waals surface area contributed by atoms with Crippen molar-refractivity contribution >= 4 is 29.3 Å². The van der Waals surface area contributed by atoms with Gasteiger partial charge in [-0.05, 0) is 43.9 Å². The SMILES string of the molecule is CC1=C(C(=O)Nc2cccc(C(=O)N[C@@H]3CCCC[C@H]3C)c2)SCCO1. The van der Waals surface area contributed by atoms with Crippen molar-refractivity contribution in [1.29, 1.82) is 0 Å². The van der Waals surface area contributed by atoms with E-state index in [1.807, 2.05) is 0 Å². The van der Waals surface area contributed by atoms with Gasteiger partial charge in [-0.1, -0.05) is 25.8 Å². The summed E-state index contributed by atoms with van der Waals surface area (Å²) in [5.41, 5.74) is 1.18. The highest BCUT2D eigenvalue weighted by atomic mass is 32.2. The Morgan fingerprint density at radius 1 is 1.19 bits per heavy atom. The second-order valence-electron chi connectivity index (χ2n) is 6.96. The molecule has 0 aromatic heterocycles. The predicted octanol–water partition coefficient (Wildman–Crippen LogP) is 3.93. The van der Waals surface area contributed by atoms with Crippen molar-refractivity contribution in [3.63, 3.8) is 0 Å². The van der Waals surface area contributed by atoms with E-state index in [2.05, 4.69) is 17.6 Å². The largest absolute Gasteiger partial charge is 0.496 e. The van der Waals surface area contributed by atoms with Gasteiger partial charge >= 0.3 is 0 Å². The summed E-state index contributed by atoms with van der Waals surface area (Å²) in [6.07, 6.45) is 4.61. The number of hydrogen-bond acceptors (Lipinski definition) is 4. The molecule has 3 rings (SSSR count). The lowest BCUT2D eigenvalue weighted by atomic mass is 9.86. The molecule has 1 aliphatic carbocycles. The van der Waals surface area contributed by atoms with Crippen LogP contribution < -0.4 is 10.6 Å². The highest BCUT2D eigenvalue weighted by Crippen LogP contribution is 2.27. The number of hydrogen-bond donors (Lipinski definition) is 2. The van der Waals surface area contributed by atoms with E-state index in [0.717, 1.165) is 18.6 Å². The van der Waals surface area contributed by atoms with Crippen LogP contribution in [0.3, 0.4) is 0 Å². The number of allylic oxidation sites excluding steroid dienone is 1. The third kappa shape index (κ3) is 4.61. The third-order valence-corrected chi connectivity index (χ3v) is 6.12. The first-order valence-electron chi connectivity index (χ1n) is 9.23. The number of carbonyl (C=O) groups is 2. The van der Waals surface area contributed by atoms with Gasteiger partial charge in [-0.25, -0.2) is 0 Å². The van der Waals surface area contributed by atoms with Crippen LogP contribution in [0.5, 0.6) is 0 Å². The fourth-order valence-corrected chi connectivity index (χ4v) is 4.25. The molecule has 2 aliphatic rings. The van der Waals surface area contributed by atoms with Crippen molar-refractivity contribution in [1.82, 2.24) is 5.32 Å². The summed E-state index contributed by atoms with van der Waals surface area (Å²) in [7, 11) is 0. The molecule has 1 saturated carbocycles. The summed E-state index contributed by atoms with van der Waals surface area (Å²) in [4.78, 5) is 25.6. The number of nitrogens with one attached hydrogen (secondary N) is 2. The van der Waals surface area contributed by atoms with Gasteiger partial charge < -0.3 is 15.4 Å². The monoisotopic (exact) mass is 374 g/mol. The molecule has 1 heterocycles. The van der Waals surface area contributed by atoms with Gasteiger partial charge in [0, 0.05) is 23.0 Å². The normalized spacial score (nSPS) is 23.2. The van der Waals surface area contributed by atoms with E-state index in [-0.39, 0.29) is 17.9 Å². The zero-order valence-corrected chi connectivity index (χ0v) is 16.2. The van der Waals surface area contributed by atoms with Crippen LogP contribution in [-0.2, 0) is 9.53 Å². The van der Waals surface area contributed by atoms with Gasteiger partial charge in [0.1, 0.15) is 10.7 Å². The van der Waals surface area contributed by atoms with Crippen LogP contribution in [0.4, 0.5) is 5.69 Å². The summed E-state index contributed by atoms with van der Waals surface area (Å²) in [5, 5.41) is 6.02. The molecule has 1 fully saturated rings. The molecule has 2 atom stereocenters. The minimum Gasteiger partial charge on any atom is -0.496 e. The van der Waals surface area contributed by atoms with E-state index in [4.69, 9.17) is 4.74 Å². The molecule has 1 aliphatic heterocycles. The van der Waals surface area contributed by atoms with Crippen LogP contribution in [0.25, 0.3) is 0 Å². The molecule has 0 spiro atoms. The number of thioether (sulfide) groups is 1. The summed E-state index contributed by atoms with van der Waals surface area (Å²) in [5.74, 6) is 1.66. The molecular weight excluding hydrogens is 348 g/mol. The van der Waals surface area contributed by atoms with Crippen molar-refractivity contribution in [3.05, 3.63) is 40.5 Å². The van der Waals surface area contributed by atoms with E-state index >= 15 is 0 Å². The Morgan fingerprint density at radius 2 is 2.00 bits per heavy atom. The minimum atomic E-state index is -0.189.